The minimum Gasteiger partial charge on any atom is -0.410 e. The first-order chi connectivity index (χ1) is 6.07. The third-order valence-corrected chi connectivity index (χ3v) is 2.41. The largest absolute Gasteiger partial charge is 0.410 e. The van der Waals surface area contributed by atoms with Crippen LogP contribution >= 0.6 is 34.8 Å². The van der Waals surface area contributed by atoms with Crippen LogP contribution in [-0.4, -0.2) is 10.4 Å². The topological polar surface area (TPSA) is 32.6 Å². The molecule has 0 aliphatic carbocycles. The Morgan fingerprint density at radius 1 is 1.38 bits per heavy atom. The molecule has 1 N–H and O–H groups in total. The van der Waals surface area contributed by atoms with E-state index in [-0.39, 0.29) is 20.8 Å². The highest BCUT2D eigenvalue weighted by Crippen LogP contribution is 2.27. The Morgan fingerprint density at radius 3 is 2.54 bits per heavy atom. The number of halogens is 4. The summed E-state index contributed by atoms with van der Waals surface area (Å²) in [7, 11) is 0. The van der Waals surface area contributed by atoms with Gasteiger partial charge in [0.2, 0.25) is 0 Å². The van der Waals surface area contributed by atoms with E-state index < -0.39 is 5.82 Å². The smallest absolute Gasteiger partial charge is 0.178 e. The maximum Gasteiger partial charge on any atom is 0.178 e. The monoisotopic (exact) mass is 241 g/mol. The van der Waals surface area contributed by atoms with Crippen molar-refractivity contribution in [3.05, 3.63) is 33.6 Å². The molecule has 13 heavy (non-hydrogen) atoms. The molecular weight excluding hydrogens is 239 g/mol. The number of nitrogens with zero attached hydrogens (tertiary/aromatic N) is 1. The molecule has 0 amide bonds. The van der Waals surface area contributed by atoms with Crippen LogP contribution in [-0.2, 0) is 0 Å². The number of oxime groups is 1. The highest BCUT2D eigenvalue weighted by molar-refractivity contribution is 6.69. The lowest BCUT2D eigenvalue weighted by molar-refractivity contribution is 0.320. The fraction of sp³-hybridized carbons (Fsp3) is 0. The number of hydrogen-bond donors (Lipinski definition) is 1. The van der Waals surface area contributed by atoms with E-state index in [2.05, 4.69) is 5.16 Å². The molecule has 0 aliphatic rings. The van der Waals surface area contributed by atoms with Gasteiger partial charge in [-0.25, -0.2) is 4.39 Å². The summed E-state index contributed by atoms with van der Waals surface area (Å²) in [5.74, 6) is -0.808. The van der Waals surface area contributed by atoms with Crippen LogP contribution in [0.25, 0.3) is 0 Å². The summed E-state index contributed by atoms with van der Waals surface area (Å²) in [6.07, 6.45) is 0. The summed E-state index contributed by atoms with van der Waals surface area (Å²) in [4.78, 5) is 0. The number of rotatable bonds is 1. The average molecular weight is 242 g/mol. The van der Waals surface area contributed by atoms with Crippen molar-refractivity contribution in [3.8, 4) is 0 Å². The van der Waals surface area contributed by atoms with E-state index in [9.17, 15) is 4.39 Å². The van der Waals surface area contributed by atoms with Crippen LogP contribution in [0.15, 0.2) is 17.3 Å². The van der Waals surface area contributed by atoms with E-state index in [1.165, 1.54) is 12.1 Å². The zero-order valence-electron chi connectivity index (χ0n) is 6.06. The molecule has 0 bridgehead atoms. The molecule has 0 aromatic heterocycles. The first-order valence-electron chi connectivity index (χ1n) is 3.09. The fourth-order valence-electron chi connectivity index (χ4n) is 0.739. The lowest BCUT2D eigenvalue weighted by Gasteiger charge is -2.02. The fourth-order valence-corrected chi connectivity index (χ4v) is 1.20. The van der Waals surface area contributed by atoms with Gasteiger partial charge in [0, 0.05) is 0 Å². The summed E-state index contributed by atoms with van der Waals surface area (Å²) < 4.78 is 13.2. The molecule has 0 unspecified atom stereocenters. The molecule has 2 nitrogen and oxygen atoms in total. The second-order valence-corrected chi connectivity index (χ2v) is 3.26. The van der Waals surface area contributed by atoms with Crippen LogP contribution in [0.1, 0.15) is 5.56 Å². The molecule has 1 aromatic carbocycles. The maximum absolute atomic E-state index is 13.2. The second kappa shape index (κ2) is 4.13. The van der Waals surface area contributed by atoms with Crippen molar-refractivity contribution in [1.82, 2.24) is 0 Å². The predicted molar refractivity (Wildman–Crippen MR) is 50.6 cm³/mol. The Morgan fingerprint density at radius 2 is 2.00 bits per heavy atom. The maximum atomic E-state index is 13.2. The first kappa shape index (κ1) is 10.6. The van der Waals surface area contributed by atoms with Crippen LogP contribution in [0.2, 0.25) is 10.0 Å². The highest BCUT2D eigenvalue weighted by Gasteiger charge is 2.13. The van der Waals surface area contributed by atoms with Crippen LogP contribution in [0, 0.1) is 5.82 Å². The summed E-state index contributed by atoms with van der Waals surface area (Å²) in [6, 6.07) is 2.63. The summed E-state index contributed by atoms with van der Waals surface area (Å²) in [5, 5.41) is 10.4. The van der Waals surface area contributed by atoms with Gasteiger partial charge in [0.05, 0.1) is 15.6 Å². The molecule has 70 valence electrons. The lowest BCUT2D eigenvalue weighted by Crippen LogP contribution is -1.96. The van der Waals surface area contributed by atoms with E-state index in [4.69, 9.17) is 40.0 Å². The van der Waals surface area contributed by atoms with E-state index >= 15 is 0 Å². The molecule has 0 radical (unpaired) electrons. The van der Waals surface area contributed by atoms with Gasteiger partial charge in [-0.3, -0.25) is 0 Å². The van der Waals surface area contributed by atoms with Crippen molar-refractivity contribution >= 4 is 40.0 Å². The Labute approximate surface area is 88.5 Å². The van der Waals surface area contributed by atoms with Crippen LogP contribution in [0.5, 0.6) is 0 Å². The Balaban J connectivity index is 3.34. The van der Waals surface area contributed by atoms with Gasteiger partial charge in [0.25, 0.3) is 0 Å². The third-order valence-electron chi connectivity index (χ3n) is 1.35. The zero-order valence-corrected chi connectivity index (χ0v) is 8.33. The van der Waals surface area contributed by atoms with Gasteiger partial charge >= 0.3 is 0 Å². The lowest BCUT2D eigenvalue weighted by atomic mass is 10.2. The van der Waals surface area contributed by atoms with Crippen molar-refractivity contribution in [2.24, 2.45) is 5.16 Å². The van der Waals surface area contributed by atoms with Crippen LogP contribution in [0.4, 0.5) is 4.39 Å². The number of benzene rings is 1. The second-order valence-electron chi connectivity index (χ2n) is 2.11. The van der Waals surface area contributed by atoms with E-state index in [0.29, 0.717) is 0 Å². The molecule has 1 rings (SSSR count). The molecule has 6 heteroatoms. The van der Waals surface area contributed by atoms with Gasteiger partial charge < -0.3 is 5.21 Å². The highest BCUT2D eigenvalue weighted by atomic mass is 35.5. The zero-order chi connectivity index (χ0) is 10.0. The first-order valence-corrected chi connectivity index (χ1v) is 4.22. The molecule has 0 saturated heterocycles. The van der Waals surface area contributed by atoms with E-state index in [0.717, 1.165) is 0 Å². The van der Waals surface area contributed by atoms with Crippen molar-refractivity contribution in [3.63, 3.8) is 0 Å². The van der Waals surface area contributed by atoms with E-state index in [1.807, 2.05) is 0 Å². The van der Waals surface area contributed by atoms with Gasteiger partial charge in [-0.15, -0.1) is 0 Å². The van der Waals surface area contributed by atoms with Crippen LogP contribution < -0.4 is 0 Å². The Bertz CT molecular complexity index is 367. The SMILES string of the molecule is O/N=C(/Cl)c1ccc(Cl)c(Cl)c1F. The molecule has 0 heterocycles. The molecule has 0 aliphatic heterocycles. The summed E-state index contributed by atoms with van der Waals surface area (Å²) >= 11 is 16.4. The summed E-state index contributed by atoms with van der Waals surface area (Å²) in [6.45, 7) is 0. The van der Waals surface area contributed by atoms with Crippen LogP contribution in [0.3, 0.4) is 0 Å². The Hall–Kier alpha value is -0.510. The normalized spacial score (nSPS) is 11.8. The number of hydrogen-bond acceptors (Lipinski definition) is 2. The van der Waals surface area contributed by atoms with Crippen molar-refractivity contribution in [2.45, 2.75) is 0 Å². The minimum atomic E-state index is -0.808. The molecule has 0 saturated carbocycles. The molecule has 0 spiro atoms. The van der Waals surface area contributed by atoms with Crippen molar-refractivity contribution in [2.75, 3.05) is 0 Å². The summed E-state index contributed by atoms with van der Waals surface area (Å²) in [5.41, 5.74) is -0.0985. The molecule has 1 aromatic rings. The van der Waals surface area contributed by atoms with Gasteiger partial charge in [0.1, 0.15) is 0 Å². The third kappa shape index (κ3) is 2.05. The van der Waals surface area contributed by atoms with E-state index in [1.54, 1.807) is 0 Å². The standard InChI is InChI=1S/C7H3Cl3FNO/c8-4-2-1-3(7(10)12-13)6(11)5(4)9/h1-2,13H/b12-7+. The van der Waals surface area contributed by atoms with Gasteiger partial charge in [-0.2, -0.15) is 0 Å². The predicted octanol–water partition coefficient (Wildman–Crippen LogP) is 3.51. The van der Waals surface area contributed by atoms with Gasteiger partial charge in [-0.1, -0.05) is 40.0 Å². The van der Waals surface area contributed by atoms with Crippen molar-refractivity contribution < 1.29 is 9.60 Å². The minimum absolute atomic E-state index is 0.0744. The van der Waals surface area contributed by atoms with Gasteiger partial charge in [0.15, 0.2) is 11.0 Å². The quantitative estimate of drug-likeness (QED) is 0.348. The molecule has 0 atom stereocenters. The van der Waals surface area contributed by atoms with Crippen molar-refractivity contribution in [1.29, 1.82) is 0 Å². The molecular formula is C7H3Cl3FNO. The van der Waals surface area contributed by atoms with Gasteiger partial charge in [-0.05, 0) is 12.1 Å². The Kier molecular flexibility index (Phi) is 3.36. The average Bonchev–Trinajstić information content (AvgIpc) is 2.13. The molecule has 0 fully saturated rings.